The molecule has 30 heavy (non-hydrogen) atoms. The maximum Gasteiger partial charge on any atom is 0.137 e. The van der Waals surface area contributed by atoms with E-state index in [1.807, 2.05) is 67.7 Å². The summed E-state index contributed by atoms with van der Waals surface area (Å²) in [5, 5.41) is 6.66. The molecule has 0 spiro atoms. The van der Waals surface area contributed by atoms with Gasteiger partial charge in [-0.1, -0.05) is 24.3 Å². The molecule has 0 amide bonds. The van der Waals surface area contributed by atoms with Gasteiger partial charge in [-0.3, -0.25) is 0 Å². The number of anilines is 3. The van der Waals surface area contributed by atoms with Crippen LogP contribution in [0.3, 0.4) is 0 Å². The number of methoxy groups -OCH3 is 1. The van der Waals surface area contributed by atoms with Gasteiger partial charge < -0.3 is 20.3 Å². The molecule has 2 aromatic heterocycles. The fourth-order valence-corrected chi connectivity index (χ4v) is 3.32. The van der Waals surface area contributed by atoms with Crippen molar-refractivity contribution in [2.75, 3.05) is 43.5 Å². The number of aryl methyl sites for hydroxylation is 1. The molecule has 1 aromatic carbocycles. The van der Waals surface area contributed by atoms with E-state index in [9.17, 15) is 0 Å². The van der Waals surface area contributed by atoms with Crippen molar-refractivity contribution in [2.24, 2.45) is 0 Å². The van der Waals surface area contributed by atoms with E-state index in [-0.39, 0.29) is 0 Å². The molecule has 0 aliphatic carbocycles. The highest BCUT2D eigenvalue weighted by molar-refractivity contribution is 5.70. The fraction of sp³-hybridized carbons (Fsp3) is 0.261. The molecule has 7 nitrogen and oxygen atoms in total. The smallest absolute Gasteiger partial charge is 0.137 e. The molecule has 3 aromatic rings. The van der Waals surface area contributed by atoms with E-state index >= 15 is 0 Å². The van der Waals surface area contributed by atoms with Crippen LogP contribution in [-0.4, -0.2) is 48.2 Å². The third kappa shape index (κ3) is 5.12. The molecule has 1 aliphatic heterocycles. The number of hydrogen-bond donors (Lipinski definition) is 2. The first-order valence-electron chi connectivity index (χ1n) is 10.1. The topological polar surface area (TPSA) is 75.2 Å². The van der Waals surface area contributed by atoms with Crippen LogP contribution in [0.25, 0.3) is 12.2 Å². The van der Waals surface area contributed by atoms with Gasteiger partial charge in [-0.2, -0.15) is 0 Å². The highest BCUT2D eigenvalue weighted by Gasteiger charge is 2.13. The number of hydrogen-bond acceptors (Lipinski definition) is 7. The van der Waals surface area contributed by atoms with Crippen LogP contribution in [0.5, 0.6) is 5.75 Å². The minimum Gasteiger partial charge on any atom is -0.497 e. The van der Waals surface area contributed by atoms with E-state index in [2.05, 4.69) is 30.5 Å². The number of piperazine rings is 1. The summed E-state index contributed by atoms with van der Waals surface area (Å²) < 4.78 is 5.26. The maximum absolute atomic E-state index is 5.26. The second-order valence-electron chi connectivity index (χ2n) is 7.11. The van der Waals surface area contributed by atoms with Crippen LogP contribution in [0.4, 0.5) is 17.5 Å². The van der Waals surface area contributed by atoms with Crippen molar-refractivity contribution in [3.05, 3.63) is 65.6 Å². The van der Waals surface area contributed by atoms with Crippen LogP contribution < -0.4 is 20.3 Å². The molecule has 154 valence electrons. The van der Waals surface area contributed by atoms with Crippen molar-refractivity contribution in [3.63, 3.8) is 0 Å². The van der Waals surface area contributed by atoms with Crippen molar-refractivity contribution in [1.29, 1.82) is 0 Å². The van der Waals surface area contributed by atoms with Crippen molar-refractivity contribution in [1.82, 2.24) is 20.3 Å². The van der Waals surface area contributed by atoms with Crippen LogP contribution in [0.1, 0.15) is 17.0 Å². The zero-order valence-corrected chi connectivity index (χ0v) is 17.3. The summed E-state index contributed by atoms with van der Waals surface area (Å²) in [7, 11) is 1.67. The maximum atomic E-state index is 5.26. The molecule has 0 saturated carbocycles. The molecule has 1 fully saturated rings. The third-order valence-corrected chi connectivity index (χ3v) is 4.87. The summed E-state index contributed by atoms with van der Waals surface area (Å²) >= 11 is 0. The Morgan fingerprint density at radius 3 is 2.60 bits per heavy atom. The van der Waals surface area contributed by atoms with Crippen LogP contribution in [0.15, 0.2) is 48.7 Å². The van der Waals surface area contributed by atoms with E-state index in [1.54, 1.807) is 7.11 Å². The third-order valence-electron chi connectivity index (χ3n) is 4.87. The van der Waals surface area contributed by atoms with Gasteiger partial charge in [0.05, 0.1) is 7.11 Å². The number of pyridine rings is 1. The molecule has 2 N–H and O–H groups in total. The van der Waals surface area contributed by atoms with E-state index in [0.717, 1.165) is 66.3 Å². The SMILES string of the molecule is COc1cccc(/C=C/c2ccc(Nc3cc(N4CCNCC4)nc(C)n3)nc2)c1. The molecule has 0 radical (unpaired) electrons. The highest BCUT2D eigenvalue weighted by atomic mass is 16.5. The summed E-state index contributed by atoms with van der Waals surface area (Å²) in [5.41, 5.74) is 2.09. The van der Waals surface area contributed by atoms with Gasteiger partial charge in [0.2, 0.25) is 0 Å². The fourth-order valence-electron chi connectivity index (χ4n) is 3.32. The Bertz CT molecular complexity index is 1010. The minimum atomic E-state index is 0.742. The lowest BCUT2D eigenvalue weighted by Gasteiger charge is -2.28. The Balaban J connectivity index is 1.44. The van der Waals surface area contributed by atoms with Crippen molar-refractivity contribution < 1.29 is 4.74 Å². The summed E-state index contributed by atoms with van der Waals surface area (Å²) in [6, 6.07) is 13.9. The molecule has 0 atom stereocenters. The Hall–Kier alpha value is -3.45. The van der Waals surface area contributed by atoms with E-state index in [0.29, 0.717) is 0 Å². The predicted molar refractivity (Wildman–Crippen MR) is 121 cm³/mol. The van der Waals surface area contributed by atoms with E-state index in [1.165, 1.54) is 0 Å². The minimum absolute atomic E-state index is 0.742. The summed E-state index contributed by atoms with van der Waals surface area (Å²) in [6.07, 6.45) is 5.91. The molecule has 3 heterocycles. The van der Waals surface area contributed by atoms with Gasteiger partial charge in [0, 0.05) is 38.4 Å². The average Bonchev–Trinajstić information content (AvgIpc) is 2.79. The number of benzene rings is 1. The Labute approximate surface area is 176 Å². The highest BCUT2D eigenvalue weighted by Crippen LogP contribution is 2.20. The summed E-state index contributed by atoms with van der Waals surface area (Å²) in [5.74, 6) is 4.03. The number of ether oxygens (including phenoxy) is 1. The van der Waals surface area contributed by atoms with Gasteiger partial charge in [0.1, 0.15) is 29.0 Å². The predicted octanol–water partition coefficient (Wildman–Crippen LogP) is 3.51. The molecule has 4 rings (SSSR count). The first kappa shape index (κ1) is 19.8. The second-order valence-corrected chi connectivity index (χ2v) is 7.11. The Morgan fingerprint density at radius 2 is 1.83 bits per heavy atom. The molecular weight excluding hydrogens is 376 g/mol. The molecule has 1 aliphatic rings. The number of aromatic nitrogens is 3. The quantitative estimate of drug-likeness (QED) is 0.653. The average molecular weight is 403 g/mol. The van der Waals surface area contributed by atoms with Gasteiger partial charge in [0.15, 0.2) is 0 Å². The number of nitrogens with one attached hydrogen (secondary N) is 2. The molecule has 7 heteroatoms. The normalized spacial score (nSPS) is 14.1. The van der Waals surface area contributed by atoms with Crippen LogP contribution in [-0.2, 0) is 0 Å². The first-order chi connectivity index (χ1) is 14.7. The number of nitrogens with zero attached hydrogens (tertiary/aromatic N) is 4. The molecule has 1 saturated heterocycles. The van der Waals surface area contributed by atoms with Crippen molar-refractivity contribution in [3.8, 4) is 5.75 Å². The monoisotopic (exact) mass is 402 g/mol. The van der Waals surface area contributed by atoms with Gasteiger partial charge >= 0.3 is 0 Å². The van der Waals surface area contributed by atoms with Crippen LogP contribution in [0.2, 0.25) is 0 Å². The van der Waals surface area contributed by atoms with E-state index in [4.69, 9.17) is 4.74 Å². The zero-order valence-electron chi connectivity index (χ0n) is 17.3. The van der Waals surface area contributed by atoms with Crippen molar-refractivity contribution >= 4 is 29.6 Å². The van der Waals surface area contributed by atoms with Crippen LogP contribution >= 0.6 is 0 Å². The van der Waals surface area contributed by atoms with Gasteiger partial charge in [-0.05, 0) is 42.3 Å². The lowest BCUT2D eigenvalue weighted by Crippen LogP contribution is -2.44. The molecule has 0 unspecified atom stereocenters. The molecule has 0 bridgehead atoms. The van der Waals surface area contributed by atoms with E-state index < -0.39 is 0 Å². The van der Waals surface area contributed by atoms with Gasteiger partial charge in [0.25, 0.3) is 0 Å². The zero-order chi connectivity index (χ0) is 20.8. The lowest BCUT2D eigenvalue weighted by molar-refractivity contribution is 0.414. The first-order valence-corrected chi connectivity index (χ1v) is 10.1. The van der Waals surface area contributed by atoms with Crippen LogP contribution in [0, 0.1) is 6.92 Å². The number of rotatable bonds is 6. The molecular formula is C23H26N6O. The lowest BCUT2D eigenvalue weighted by atomic mass is 10.1. The van der Waals surface area contributed by atoms with Gasteiger partial charge in [-0.15, -0.1) is 0 Å². The Kier molecular flexibility index (Phi) is 6.20. The largest absolute Gasteiger partial charge is 0.497 e. The standard InChI is InChI=1S/C23H26N6O/c1-17-26-22(15-23(27-17)29-12-10-24-11-13-29)28-21-9-8-19(16-25-21)7-6-18-4-3-5-20(14-18)30-2/h3-9,14-16,24H,10-13H2,1-2H3,(H,25,26,27,28)/b7-6+. The van der Waals surface area contributed by atoms with Crippen molar-refractivity contribution in [2.45, 2.75) is 6.92 Å². The summed E-state index contributed by atoms with van der Waals surface area (Å²) in [6.45, 7) is 5.75. The second kappa shape index (κ2) is 9.37. The Morgan fingerprint density at radius 1 is 1.00 bits per heavy atom. The summed E-state index contributed by atoms with van der Waals surface area (Å²) in [4.78, 5) is 15.9. The van der Waals surface area contributed by atoms with Gasteiger partial charge in [-0.25, -0.2) is 15.0 Å².